The number of nitrogen functional groups attached to an aromatic ring is 1. The Morgan fingerprint density at radius 2 is 2.00 bits per heavy atom. The second-order valence-corrected chi connectivity index (χ2v) is 3.61. The van der Waals surface area contributed by atoms with E-state index in [4.69, 9.17) is 11.6 Å². The topological polar surface area (TPSA) is 88.1 Å². The average molecular weight is 240 g/mol. The fraction of sp³-hybridized carbons (Fsp3) is 0.100. The third-order valence-corrected chi connectivity index (χ3v) is 2.43. The molecular formula is C10H10F2N4O. The Balaban J connectivity index is 3.04. The summed E-state index contributed by atoms with van der Waals surface area (Å²) in [5.74, 6) is 3.22. The Kier molecular flexibility index (Phi) is 2.47. The molecule has 7 heteroatoms. The second-order valence-electron chi connectivity index (χ2n) is 3.61. The molecule has 0 aliphatic rings. The van der Waals surface area contributed by atoms with E-state index in [1.807, 2.05) is 0 Å². The van der Waals surface area contributed by atoms with Crippen LogP contribution in [0.1, 0.15) is 0 Å². The van der Waals surface area contributed by atoms with Crippen LogP contribution in [0.3, 0.4) is 0 Å². The van der Waals surface area contributed by atoms with Gasteiger partial charge in [-0.1, -0.05) is 0 Å². The van der Waals surface area contributed by atoms with Crippen LogP contribution in [0, 0.1) is 11.6 Å². The molecule has 0 saturated carbocycles. The molecule has 0 spiro atoms. The number of fused-ring (bicyclic) bond motifs is 1. The second kappa shape index (κ2) is 3.70. The number of nitrogens with two attached hydrogens (primary N) is 2. The van der Waals surface area contributed by atoms with Crippen molar-refractivity contribution in [1.29, 1.82) is 0 Å². The minimum absolute atomic E-state index is 0.00138. The van der Waals surface area contributed by atoms with Crippen molar-refractivity contribution in [1.82, 2.24) is 4.98 Å². The number of hydrazine groups is 1. The van der Waals surface area contributed by atoms with Crippen molar-refractivity contribution in [3.8, 4) is 0 Å². The standard InChI is InChI=1S/C10H10F2N4O/c1-16(14)8-4-2-3-5(11)7(12)6(4)10(17)15-9(8)13/h2-3H,14H2,1H3,(H3,13,15,17). The first-order chi connectivity index (χ1) is 7.93. The lowest BCUT2D eigenvalue weighted by atomic mass is 10.1. The van der Waals surface area contributed by atoms with Gasteiger partial charge in [-0.15, -0.1) is 0 Å². The summed E-state index contributed by atoms with van der Waals surface area (Å²) in [4.78, 5) is 13.8. The zero-order valence-electron chi connectivity index (χ0n) is 8.92. The van der Waals surface area contributed by atoms with Crippen LogP contribution >= 0.6 is 0 Å². The molecule has 0 aliphatic carbocycles. The van der Waals surface area contributed by atoms with Crippen LogP contribution in [0.15, 0.2) is 16.9 Å². The van der Waals surface area contributed by atoms with Crippen LogP contribution in [0.5, 0.6) is 0 Å². The van der Waals surface area contributed by atoms with Gasteiger partial charge in [-0.3, -0.25) is 4.79 Å². The molecule has 0 radical (unpaired) electrons. The maximum Gasteiger partial charge on any atom is 0.260 e. The third kappa shape index (κ3) is 1.60. The number of anilines is 2. The first kappa shape index (κ1) is 11.3. The maximum absolute atomic E-state index is 13.5. The Bertz CT molecular complexity index is 651. The Labute approximate surface area is 94.6 Å². The minimum Gasteiger partial charge on any atom is -0.383 e. The molecule has 0 aliphatic heterocycles. The molecule has 0 amide bonds. The predicted molar refractivity (Wildman–Crippen MR) is 61.5 cm³/mol. The number of pyridine rings is 1. The van der Waals surface area contributed by atoms with Crippen LogP contribution in [0.25, 0.3) is 10.8 Å². The Morgan fingerprint density at radius 1 is 1.35 bits per heavy atom. The molecule has 1 aromatic carbocycles. The van der Waals surface area contributed by atoms with Crippen molar-refractivity contribution >= 4 is 22.3 Å². The summed E-state index contributed by atoms with van der Waals surface area (Å²) in [5, 5.41) is 0.895. The molecule has 0 bridgehead atoms. The third-order valence-electron chi connectivity index (χ3n) is 2.43. The predicted octanol–water partition coefficient (Wildman–Crippen LogP) is 0.698. The van der Waals surface area contributed by atoms with E-state index < -0.39 is 22.6 Å². The number of halogens is 2. The van der Waals surface area contributed by atoms with Crippen LogP contribution < -0.4 is 22.1 Å². The molecule has 2 aromatic rings. The van der Waals surface area contributed by atoms with Gasteiger partial charge >= 0.3 is 0 Å². The van der Waals surface area contributed by atoms with Crippen molar-refractivity contribution in [2.75, 3.05) is 17.8 Å². The highest BCUT2D eigenvalue weighted by molar-refractivity contribution is 5.98. The average Bonchev–Trinajstić information content (AvgIpc) is 2.22. The van der Waals surface area contributed by atoms with Gasteiger partial charge in [0.1, 0.15) is 11.5 Å². The molecule has 2 rings (SSSR count). The summed E-state index contributed by atoms with van der Waals surface area (Å²) in [6.07, 6.45) is 0. The van der Waals surface area contributed by atoms with E-state index in [0.29, 0.717) is 0 Å². The van der Waals surface area contributed by atoms with Gasteiger partial charge in [0.2, 0.25) is 0 Å². The van der Waals surface area contributed by atoms with E-state index in [-0.39, 0.29) is 16.9 Å². The number of aromatic amines is 1. The largest absolute Gasteiger partial charge is 0.383 e. The Morgan fingerprint density at radius 3 is 2.59 bits per heavy atom. The summed E-state index contributed by atoms with van der Waals surface area (Å²) < 4.78 is 26.6. The quantitative estimate of drug-likeness (QED) is 0.505. The zero-order chi connectivity index (χ0) is 12.7. The van der Waals surface area contributed by atoms with E-state index in [1.54, 1.807) is 0 Å². The summed E-state index contributed by atoms with van der Waals surface area (Å²) in [5.41, 5.74) is 5.03. The number of nitrogens with one attached hydrogen (secondary N) is 1. The molecule has 17 heavy (non-hydrogen) atoms. The molecule has 90 valence electrons. The lowest BCUT2D eigenvalue weighted by molar-refractivity contribution is 0.516. The van der Waals surface area contributed by atoms with E-state index in [9.17, 15) is 13.6 Å². The number of nitrogens with zero attached hydrogens (tertiary/aromatic N) is 1. The first-order valence-electron chi connectivity index (χ1n) is 4.71. The number of H-pyrrole nitrogens is 1. The van der Waals surface area contributed by atoms with Crippen LogP contribution in [0.4, 0.5) is 20.3 Å². The van der Waals surface area contributed by atoms with Gasteiger partial charge in [-0.05, 0) is 12.1 Å². The molecule has 1 heterocycles. The molecule has 5 N–H and O–H groups in total. The highest BCUT2D eigenvalue weighted by Crippen LogP contribution is 2.28. The van der Waals surface area contributed by atoms with Crippen molar-refractivity contribution in [2.45, 2.75) is 0 Å². The molecule has 0 fully saturated rings. The van der Waals surface area contributed by atoms with E-state index in [0.717, 1.165) is 11.1 Å². The fourth-order valence-corrected chi connectivity index (χ4v) is 1.74. The summed E-state index contributed by atoms with van der Waals surface area (Å²) in [7, 11) is 1.48. The fourth-order valence-electron chi connectivity index (χ4n) is 1.74. The van der Waals surface area contributed by atoms with Gasteiger partial charge in [-0.25, -0.2) is 14.6 Å². The van der Waals surface area contributed by atoms with E-state index >= 15 is 0 Å². The number of rotatable bonds is 1. The summed E-state index contributed by atoms with van der Waals surface area (Å²) in [6.45, 7) is 0. The van der Waals surface area contributed by atoms with Gasteiger partial charge in [0.25, 0.3) is 5.56 Å². The molecule has 1 aromatic heterocycles. The molecule has 0 saturated heterocycles. The van der Waals surface area contributed by atoms with Gasteiger partial charge in [0.15, 0.2) is 11.6 Å². The van der Waals surface area contributed by atoms with E-state index in [2.05, 4.69) is 4.98 Å². The number of hydrogen-bond acceptors (Lipinski definition) is 4. The molecule has 0 atom stereocenters. The van der Waals surface area contributed by atoms with Crippen LogP contribution in [0.2, 0.25) is 0 Å². The van der Waals surface area contributed by atoms with Crippen molar-refractivity contribution in [2.24, 2.45) is 5.84 Å². The van der Waals surface area contributed by atoms with Gasteiger partial charge in [0.05, 0.1) is 5.39 Å². The van der Waals surface area contributed by atoms with Gasteiger partial charge < -0.3 is 15.7 Å². The van der Waals surface area contributed by atoms with Gasteiger partial charge in [-0.2, -0.15) is 0 Å². The smallest absolute Gasteiger partial charge is 0.260 e. The van der Waals surface area contributed by atoms with E-state index in [1.165, 1.54) is 13.1 Å². The van der Waals surface area contributed by atoms with Crippen molar-refractivity contribution < 1.29 is 8.78 Å². The number of aromatic nitrogens is 1. The van der Waals surface area contributed by atoms with Crippen molar-refractivity contribution in [3.05, 3.63) is 34.1 Å². The maximum atomic E-state index is 13.5. The summed E-state index contributed by atoms with van der Waals surface area (Å²) in [6, 6.07) is 2.18. The SMILES string of the molecule is CN(N)c1c(N)[nH]c(=O)c2c(F)c(F)ccc12. The van der Waals surface area contributed by atoms with Crippen LogP contribution in [-0.4, -0.2) is 12.0 Å². The van der Waals surface area contributed by atoms with Crippen LogP contribution in [-0.2, 0) is 0 Å². The number of benzene rings is 1. The number of hydrogen-bond donors (Lipinski definition) is 3. The lowest BCUT2D eigenvalue weighted by Gasteiger charge is -2.17. The lowest BCUT2D eigenvalue weighted by Crippen LogP contribution is -2.28. The van der Waals surface area contributed by atoms with Crippen molar-refractivity contribution in [3.63, 3.8) is 0 Å². The first-order valence-corrected chi connectivity index (χ1v) is 4.71. The highest BCUT2D eigenvalue weighted by Gasteiger charge is 2.17. The molecule has 0 unspecified atom stereocenters. The zero-order valence-corrected chi connectivity index (χ0v) is 8.92. The highest BCUT2D eigenvalue weighted by atomic mass is 19.2. The minimum atomic E-state index is -1.22. The molecular weight excluding hydrogens is 230 g/mol. The Hall–Kier alpha value is -2.15. The summed E-state index contributed by atoms with van der Waals surface area (Å²) >= 11 is 0. The monoisotopic (exact) mass is 240 g/mol. The normalized spacial score (nSPS) is 10.8. The van der Waals surface area contributed by atoms with Gasteiger partial charge in [0, 0.05) is 12.4 Å². The molecule has 5 nitrogen and oxygen atoms in total.